The minimum Gasteiger partial charge on any atom is -0.409 e. The van der Waals surface area contributed by atoms with Crippen molar-refractivity contribution in [1.29, 1.82) is 0 Å². The van der Waals surface area contributed by atoms with E-state index in [9.17, 15) is 4.79 Å². The zero-order chi connectivity index (χ0) is 15.3. The highest BCUT2D eigenvalue weighted by molar-refractivity contribution is 6.06. The van der Waals surface area contributed by atoms with Crippen LogP contribution in [0.15, 0.2) is 5.16 Å². The summed E-state index contributed by atoms with van der Waals surface area (Å²) in [6, 6.07) is 0.202. The van der Waals surface area contributed by atoms with Crippen molar-refractivity contribution in [2.24, 2.45) is 22.2 Å². The fraction of sp³-hybridized carbons (Fsp3) is 0.867. The second kappa shape index (κ2) is 7.11. The van der Waals surface area contributed by atoms with E-state index >= 15 is 0 Å². The van der Waals surface area contributed by atoms with Gasteiger partial charge < -0.3 is 21.0 Å². The molecule has 2 rings (SSSR count). The molecule has 1 saturated heterocycles. The molecule has 2 unspecified atom stereocenters. The molecule has 1 heterocycles. The molecule has 1 saturated carbocycles. The van der Waals surface area contributed by atoms with E-state index in [-0.39, 0.29) is 17.8 Å². The third kappa shape index (κ3) is 3.67. The van der Waals surface area contributed by atoms with Gasteiger partial charge in [0, 0.05) is 19.3 Å². The van der Waals surface area contributed by atoms with Gasteiger partial charge in [-0.1, -0.05) is 24.9 Å². The van der Waals surface area contributed by atoms with Crippen molar-refractivity contribution in [3.63, 3.8) is 0 Å². The lowest BCUT2D eigenvalue weighted by atomic mass is 9.77. The Morgan fingerprint density at radius 2 is 2.00 bits per heavy atom. The van der Waals surface area contributed by atoms with E-state index in [4.69, 9.17) is 15.7 Å². The summed E-state index contributed by atoms with van der Waals surface area (Å²) in [6.45, 7) is 3.19. The lowest BCUT2D eigenvalue weighted by Gasteiger charge is -2.35. The number of oxime groups is 1. The molecule has 0 spiro atoms. The van der Waals surface area contributed by atoms with E-state index < -0.39 is 5.41 Å². The number of nitrogens with one attached hydrogen (secondary N) is 1. The highest BCUT2D eigenvalue weighted by Crippen LogP contribution is 2.32. The van der Waals surface area contributed by atoms with Crippen LogP contribution in [0.4, 0.5) is 0 Å². The third-order valence-electron chi connectivity index (χ3n) is 4.97. The summed E-state index contributed by atoms with van der Waals surface area (Å²) in [7, 11) is 0. The first-order valence-electron chi connectivity index (χ1n) is 7.95. The Morgan fingerprint density at radius 1 is 1.29 bits per heavy atom. The molecule has 1 amide bonds. The van der Waals surface area contributed by atoms with Gasteiger partial charge in [-0.25, -0.2) is 0 Å². The lowest BCUT2D eigenvalue weighted by molar-refractivity contribution is -0.132. The average molecular weight is 297 g/mol. The number of carbonyl (C=O) groups excluding carboxylic acids is 1. The zero-order valence-corrected chi connectivity index (χ0v) is 12.8. The molecule has 1 aliphatic heterocycles. The minimum atomic E-state index is -0.912. The standard InChI is InChI=1S/C15H27N3O3/c1-11-3-2-4-12(6-5-11)17-14(19)15(13(16)18-20)7-9-21-10-8-15/h11-12,20H,2-10H2,1H3,(H2,16,18)(H,17,19). The fourth-order valence-electron chi connectivity index (χ4n) is 3.37. The van der Waals surface area contributed by atoms with Crippen LogP contribution < -0.4 is 11.1 Å². The molecular weight excluding hydrogens is 270 g/mol. The molecule has 6 nitrogen and oxygen atoms in total. The molecule has 0 radical (unpaired) electrons. The first-order chi connectivity index (χ1) is 10.1. The highest BCUT2D eigenvalue weighted by atomic mass is 16.5. The predicted octanol–water partition coefficient (Wildman–Crippen LogP) is 1.61. The zero-order valence-electron chi connectivity index (χ0n) is 12.8. The van der Waals surface area contributed by atoms with Gasteiger partial charge in [0.15, 0.2) is 5.84 Å². The van der Waals surface area contributed by atoms with Crippen molar-refractivity contribution in [3.05, 3.63) is 0 Å². The minimum absolute atomic E-state index is 0.00490. The largest absolute Gasteiger partial charge is 0.409 e. The summed E-state index contributed by atoms with van der Waals surface area (Å²) in [5, 5.41) is 15.3. The smallest absolute Gasteiger partial charge is 0.234 e. The number of nitrogens with zero attached hydrogens (tertiary/aromatic N) is 1. The molecule has 21 heavy (non-hydrogen) atoms. The first-order valence-corrected chi connectivity index (χ1v) is 7.95. The van der Waals surface area contributed by atoms with E-state index in [1.54, 1.807) is 0 Å². The molecule has 120 valence electrons. The van der Waals surface area contributed by atoms with E-state index in [1.807, 2.05) is 0 Å². The number of hydrogen-bond donors (Lipinski definition) is 3. The number of carbonyl (C=O) groups is 1. The number of amides is 1. The quantitative estimate of drug-likeness (QED) is 0.242. The summed E-state index contributed by atoms with van der Waals surface area (Å²) in [6.07, 6.45) is 6.48. The van der Waals surface area contributed by atoms with Gasteiger partial charge in [0.2, 0.25) is 5.91 Å². The Hall–Kier alpha value is -1.30. The Bertz CT molecular complexity index is 392. The molecule has 6 heteroatoms. The van der Waals surface area contributed by atoms with Crippen LogP contribution in [0, 0.1) is 11.3 Å². The Morgan fingerprint density at radius 3 is 2.67 bits per heavy atom. The summed E-state index contributed by atoms with van der Waals surface area (Å²) in [5.74, 6) is 0.624. The molecule has 1 aliphatic carbocycles. The summed E-state index contributed by atoms with van der Waals surface area (Å²) in [4.78, 5) is 12.7. The van der Waals surface area contributed by atoms with Crippen LogP contribution in [0.2, 0.25) is 0 Å². The molecule has 0 bridgehead atoms. The Balaban J connectivity index is 2.04. The maximum atomic E-state index is 12.7. The molecule has 0 aromatic heterocycles. The second-order valence-corrected chi connectivity index (χ2v) is 6.46. The van der Waals surface area contributed by atoms with E-state index in [0.29, 0.717) is 26.1 Å². The maximum absolute atomic E-state index is 12.7. The number of amidine groups is 1. The summed E-state index contributed by atoms with van der Waals surface area (Å²) >= 11 is 0. The van der Waals surface area contributed by atoms with Crippen molar-refractivity contribution in [1.82, 2.24) is 5.32 Å². The van der Waals surface area contributed by atoms with Crippen LogP contribution >= 0.6 is 0 Å². The van der Waals surface area contributed by atoms with Crippen LogP contribution in [0.3, 0.4) is 0 Å². The topological polar surface area (TPSA) is 96.9 Å². The second-order valence-electron chi connectivity index (χ2n) is 6.46. The van der Waals surface area contributed by atoms with Gasteiger partial charge in [0.05, 0.1) is 0 Å². The van der Waals surface area contributed by atoms with Gasteiger partial charge in [0.1, 0.15) is 5.41 Å². The molecule has 4 N–H and O–H groups in total. The molecular formula is C15H27N3O3. The Labute approximate surface area is 126 Å². The van der Waals surface area contributed by atoms with Crippen LogP contribution in [-0.4, -0.2) is 36.2 Å². The SMILES string of the molecule is CC1CCCC(NC(=O)C2(C(N)=NO)CCOCC2)CC1. The molecule has 0 aromatic carbocycles. The Kier molecular flexibility index (Phi) is 5.45. The van der Waals surface area contributed by atoms with Gasteiger partial charge in [-0.15, -0.1) is 0 Å². The number of hydrogen-bond acceptors (Lipinski definition) is 4. The van der Waals surface area contributed by atoms with Crippen LogP contribution in [-0.2, 0) is 9.53 Å². The fourth-order valence-corrected chi connectivity index (χ4v) is 3.37. The maximum Gasteiger partial charge on any atom is 0.234 e. The van der Waals surface area contributed by atoms with Crippen LogP contribution in [0.25, 0.3) is 0 Å². The molecule has 2 aliphatic rings. The van der Waals surface area contributed by atoms with Crippen molar-refractivity contribution in [2.75, 3.05) is 13.2 Å². The number of nitrogens with two attached hydrogens (primary N) is 1. The van der Waals surface area contributed by atoms with Crippen molar-refractivity contribution in [2.45, 2.75) is 57.9 Å². The highest BCUT2D eigenvalue weighted by Gasteiger charge is 2.45. The van der Waals surface area contributed by atoms with Gasteiger partial charge in [0.25, 0.3) is 0 Å². The first kappa shape index (κ1) is 16.1. The summed E-state index contributed by atoms with van der Waals surface area (Å²) in [5.41, 5.74) is 4.91. The lowest BCUT2D eigenvalue weighted by Crippen LogP contribution is -2.54. The predicted molar refractivity (Wildman–Crippen MR) is 80.1 cm³/mol. The van der Waals surface area contributed by atoms with Crippen molar-refractivity contribution >= 4 is 11.7 Å². The van der Waals surface area contributed by atoms with Gasteiger partial charge in [-0.2, -0.15) is 0 Å². The van der Waals surface area contributed by atoms with E-state index in [0.717, 1.165) is 31.6 Å². The van der Waals surface area contributed by atoms with Crippen molar-refractivity contribution in [3.8, 4) is 0 Å². The van der Waals surface area contributed by atoms with Crippen LogP contribution in [0.5, 0.6) is 0 Å². The van der Waals surface area contributed by atoms with Gasteiger partial charge in [-0.05, 0) is 38.0 Å². The third-order valence-corrected chi connectivity index (χ3v) is 4.97. The van der Waals surface area contributed by atoms with Crippen LogP contribution in [0.1, 0.15) is 51.9 Å². The normalized spacial score (nSPS) is 30.4. The average Bonchev–Trinajstić information content (AvgIpc) is 2.71. The summed E-state index contributed by atoms with van der Waals surface area (Å²) < 4.78 is 5.32. The van der Waals surface area contributed by atoms with Gasteiger partial charge in [-0.3, -0.25) is 4.79 Å². The number of ether oxygens (including phenoxy) is 1. The van der Waals surface area contributed by atoms with Crippen molar-refractivity contribution < 1.29 is 14.7 Å². The molecule has 0 aromatic rings. The van der Waals surface area contributed by atoms with E-state index in [2.05, 4.69) is 17.4 Å². The molecule has 2 atom stereocenters. The molecule has 2 fully saturated rings. The monoisotopic (exact) mass is 297 g/mol. The van der Waals surface area contributed by atoms with Gasteiger partial charge >= 0.3 is 0 Å². The van der Waals surface area contributed by atoms with E-state index in [1.165, 1.54) is 6.42 Å². The number of rotatable bonds is 3.